The van der Waals surface area contributed by atoms with E-state index in [1.54, 1.807) is 74.7 Å². The molecule has 0 unspecified atom stereocenters. The minimum atomic E-state index is -4.12. The lowest BCUT2D eigenvalue weighted by atomic mass is 10.1. The molecule has 0 aromatic heterocycles. The van der Waals surface area contributed by atoms with Crippen molar-refractivity contribution in [3.63, 3.8) is 0 Å². The summed E-state index contributed by atoms with van der Waals surface area (Å²) in [4.78, 5) is 29.6. The number of carbonyl (C=O) groups is 2. The Bertz CT molecular complexity index is 1430. The van der Waals surface area contributed by atoms with Crippen molar-refractivity contribution >= 4 is 39.3 Å². The maximum absolute atomic E-state index is 14.0. The van der Waals surface area contributed by atoms with Gasteiger partial charge in [-0.3, -0.25) is 13.9 Å². The number of aryl methyl sites for hydroxylation is 1. The molecule has 0 saturated heterocycles. The number of nitrogens with one attached hydrogen (secondary N) is 1. The van der Waals surface area contributed by atoms with Crippen molar-refractivity contribution in [2.75, 3.05) is 24.2 Å². The van der Waals surface area contributed by atoms with Crippen LogP contribution < -0.4 is 14.4 Å². The second kappa shape index (κ2) is 13.4. The van der Waals surface area contributed by atoms with Crippen LogP contribution in [0.4, 0.5) is 5.69 Å². The number of nitrogens with zero attached hydrogens (tertiary/aromatic N) is 2. The zero-order chi connectivity index (χ0) is 30.4. The van der Waals surface area contributed by atoms with Crippen molar-refractivity contribution < 1.29 is 22.7 Å². The minimum absolute atomic E-state index is 0.0731. The van der Waals surface area contributed by atoms with Gasteiger partial charge in [0, 0.05) is 17.0 Å². The second-order valence-electron chi connectivity index (χ2n) is 10.8. The highest BCUT2D eigenvalue weighted by Gasteiger charge is 2.33. The van der Waals surface area contributed by atoms with Crippen molar-refractivity contribution in [3.05, 3.63) is 83.9 Å². The molecule has 0 heterocycles. The molecular weight excluding hydrogens is 558 g/mol. The van der Waals surface area contributed by atoms with Gasteiger partial charge in [0.2, 0.25) is 11.8 Å². The van der Waals surface area contributed by atoms with Crippen LogP contribution in [-0.4, -0.2) is 56.6 Å². The standard InChI is InChI=1S/C31H39N3O5S2/c1-22-8-12-25(13-9-22)34(41(37,38)28-18-16-27(40-7)17-19-28)21-29(35)33(23(2)30(36)32-31(3,4)5)20-24-10-14-26(39-6)15-11-24/h8-19,23H,20-21H2,1-7H3,(H,32,36)/t23-/m1/s1. The fraction of sp³-hybridized carbons (Fsp3) is 0.355. The predicted octanol–water partition coefficient (Wildman–Crippen LogP) is 5.25. The number of methoxy groups -OCH3 is 1. The zero-order valence-electron chi connectivity index (χ0n) is 24.7. The summed E-state index contributed by atoms with van der Waals surface area (Å²) in [6, 6.07) is 19.8. The molecule has 0 radical (unpaired) electrons. The van der Waals surface area contributed by atoms with Crippen molar-refractivity contribution in [1.82, 2.24) is 10.2 Å². The van der Waals surface area contributed by atoms with Crippen LogP contribution >= 0.6 is 11.8 Å². The average molecular weight is 598 g/mol. The summed E-state index contributed by atoms with van der Waals surface area (Å²) in [7, 11) is -2.55. The van der Waals surface area contributed by atoms with E-state index in [1.165, 1.54) is 16.7 Å². The first-order valence-corrected chi connectivity index (χ1v) is 15.9. The molecule has 1 atom stereocenters. The topological polar surface area (TPSA) is 96.0 Å². The second-order valence-corrected chi connectivity index (χ2v) is 13.5. The van der Waals surface area contributed by atoms with Crippen molar-refractivity contribution in [2.45, 2.75) is 62.5 Å². The van der Waals surface area contributed by atoms with Gasteiger partial charge in [-0.15, -0.1) is 11.8 Å². The first-order valence-electron chi connectivity index (χ1n) is 13.2. The SMILES string of the molecule is COc1ccc(CN(C(=O)CN(c2ccc(C)cc2)S(=O)(=O)c2ccc(SC)cc2)[C@H](C)C(=O)NC(C)(C)C)cc1. The van der Waals surface area contributed by atoms with Gasteiger partial charge < -0.3 is 15.0 Å². The molecule has 0 aliphatic carbocycles. The van der Waals surface area contributed by atoms with Crippen LogP contribution in [0.2, 0.25) is 0 Å². The molecule has 8 nitrogen and oxygen atoms in total. The summed E-state index contributed by atoms with van der Waals surface area (Å²) in [5.41, 5.74) is 1.57. The first kappa shape index (κ1) is 32.0. The fourth-order valence-corrected chi connectivity index (χ4v) is 5.92. The number of benzene rings is 3. The number of hydrogen-bond donors (Lipinski definition) is 1. The number of rotatable bonds is 11. The summed E-state index contributed by atoms with van der Waals surface area (Å²) in [5.74, 6) is -0.187. The Hall–Kier alpha value is -3.50. The van der Waals surface area contributed by atoms with Gasteiger partial charge in [0.15, 0.2) is 0 Å². The van der Waals surface area contributed by atoms with Gasteiger partial charge >= 0.3 is 0 Å². The van der Waals surface area contributed by atoms with E-state index >= 15 is 0 Å². The molecule has 0 spiro atoms. The van der Waals surface area contributed by atoms with E-state index in [0.29, 0.717) is 11.4 Å². The van der Waals surface area contributed by atoms with Crippen molar-refractivity contribution in [3.8, 4) is 5.75 Å². The van der Waals surface area contributed by atoms with Crippen LogP contribution in [0.3, 0.4) is 0 Å². The van der Waals surface area contributed by atoms with Crippen LogP contribution in [0.1, 0.15) is 38.8 Å². The number of carbonyl (C=O) groups excluding carboxylic acids is 2. The monoisotopic (exact) mass is 597 g/mol. The molecule has 0 saturated carbocycles. The van der Waals surface area contributed by atoms with Gasteiger partial charge in [-0.2, -0.15) is 0 Å². The Labute approximate surface area is 248 Å². The number of anilines is 1. The third-order valence-electron chi connectivity index (χ3n) is 6.43. The number of sulfonamides is 1. The summed E-state index contributed by atoms with van der Waals surface area (Å²) < 4.78 is 34.3. The maximum atomic E-state index is 14.0. The highest BCUT2D eigenvalue weighted by molar-refractivity contribution is 7.98. The molecule has 220 valence electrons. The highest BCUT2D eigenvalue weighted by Crippen LogP contribution is 2.27. The third-order valence-corrected chi connectivity index (χ3v) is 8.96. The molecule has 10 heteroatoms. The fourth-order valence-electron chi connectivity index (χ4n) is 4.10. The van der Waals surface area contributed by atoms with Gasteiger partial charge in [0.25, 0.3) is 10.0 Å². The maximum Gasteiger partial charge on any atom is 0.264 e. The summed E-state index contributed by atoms with van der Waals surface area (Å²) >= 11 is 1.51. The molecule has 0 aliphatic rings. The summed E-state index contributed by atoms with van der Waals surface area (Å²) in [5, 5.41) is 2.93. The molecule has 2 amide bonds. The summed E-state index contributed by atoms with van der Waals surface area (Å²) in [6.45, 7) is 8.75. The smallest absolute Gasteiger partial charge is 0.264 e. The van der Waals surface area contributed by atoms with Crippen LogP contribution in [0.5, 0.6) is 5.75 Å². The largest absolute Gasteiger partial charge is 0.497 e. The van der Waals surface area contributed by atoms with Gasteiger partial charge in [0.1, 0.15) is 18.3 Å². The van der Waals surface area contributed by atoms with Crippen molar-refractivity contribution in [1.29, 1.82) is 0 Å². The Balaban J connectivity index is 2.02. The molecule has 1 N–H and O–H groups in total. The van der Waals surface area contributed by atoms with Crippen LogP contribution in [-0.2, 0) is 26.2 Å². The predicted molar refractivity (Wildman–Crippen MR) is 165 cm³/mol. The van der Waals surface area contributed by atoms with Crippen molar-refractivity contribution in [2.24, 2.45) is 0 Å². The molecule has 3 aromatic rings. The number of thioether (sulfide) groups is 1. The van der Waals surface area contributed by atoms with E-state index in [1.807, 2.05) is 46.1 Å². The number of amides is 2. The molecule has 3 aromatic carbocycles. The lowest BCUT2D eigenvalue weighted by Gasteiger charge is -2.33. The summed E-state index contributed by atoms with van der Waals surface area (Å²) in [6.07, 6.45) is 1.91. The zero-order valence-corrected chi connectivity index (χ0v) is 26.3. The Morgan fingerprint density at radius 1 is 0.951 bits per heavy atom. The van der Waals surface area contributed by atoms with Gasteiger partial charge in [-0.05, 0) is 95.0 Å². The third kappa shape index (κ3) is 8.50. The van der Waals surface area contributed by atoms with Gasteiger partial charge in [-0.25, -0.2) is 8.42 Å². The Kier molecular flexibility index (Phi) is 10.5. The Morgan fingerprint density at radius 2 is 1.54 bits per heavy atom. The van der Waals surface area contributed by atoms with Crippen LogP contribution in [0.15, 0.2) is 82.6 Å². The van der Waals surface area contributed by atoms with E-state index in [-0.39, 0.29) is 17.3 Å². The highest BCUT2D eigenvalue weighted by atomic mass is 32.2. The van der Waals surface area contributed by atoms with E-state index < -0.39 is 34.1 Å². The Morgan fingerprint density at radius 3 is 2.05 bits per heavy atom. The lowest BCUT2D eigenvalue weighted by Crippen LogP contribution is -2.54. The van der Waals surface area contributed by atoms with Gasteiger partial charge in [0.05, 0.1) is 17.7 Å². The molecule has 0 bridgehead atoms. The quantitative estimate of drug-likeness (QED) is 0.303. The molecule has 0 aliphatic heterocycles. The van der Waals surface area contributed by atoms with E-state index in [0.717, 1.165) is 20.3 Å². The molecule has 41 heavy (non-hydrogen) atoms. The van der Waals surface area contributed by atoms with Crippen LogP contribution in [0.25, 0.3) is 0 Å². The average Bonchev–Trinajstić information content (AvgIpc) is 2.94. The van der Waals surface area contributed by atoms with E-state index in [9.17, 15) is 18.0 Å². The molecule has 0 fully saturated rings. The normalized spacial score (nSPS) is 12.4. The minimum Gasteiger partial charge on any atom is -0.497 e. The van der Waals surface area contributed by atoms with E-state index in [2.05, 4.69) is 5.32 Å². The van der Waals surface area contributed by atoms with E-state index in [4.69, 9.17) is 4.74 Å². The first-order chi connectivity index (χ1) is 19.2. The lowest BCUT2D eigenvalue weighted by molar-refractivity contribution is -0.140. The van der Waals surface area contributed by atoms with Gasteiger partial charge in [-0.1, -0.05) is 29.8 Å². The molecule has 3 rings (SSSR count). The number of hydrogen-bond acceptors (Lipinski definition) is 6. The molecular formula is C31H39N3O5S2. The number of ether oxygens (including phenoxy) is 1. The van der Waals surface area contributed by atoms with Crippen LogP contribution in [0, 0.1) is 6.92 Å².